The van der Waals surface area contributed by atoms with Crippen LogP contribution in [0.1, 0.15) is 206 Å². The van der Waals surface area contributed by atoms with Crippen molar-refractivity contribution in [2.75, 3.05) is 0 Å². The summed E-state index contributed by atoms with van der Waals surface area (Å²) in [6.45, 7) is 4.52. The van der Waals surface area contributed by atoms with Crippen molar-refractivity contribution in [1.29, 1.82) is 0 Å². The molecule has 0 spiro atoms. The van der Waals surface area contributed by atoms with Gasteiger partial charge in [0.25, 0.3) is 0 Å². The maximum Gasteiger partial charge on any atom is 0.313 e. The quantitative estimate of drug-likeness (QED) is 0.0326. The van der Waals surface area contributed by atoms with Crippen LogP contribution in [-0.4, -0.2) is 11.9 Å². The highest BCUT2D eigenvalue weighted by molar-refractivity contribution is 5.85. The maximum absolute atomic E-state index is 11.9. The van der Waals surface area contributed by atoms with Gasteiger partial charge in [0, 0.05) is 12.8 Å². The highest BCUT2D eigenvalue weighted by Gasteiger charge is 2.09. The lowest BCUT2D eigenvalue weighted by Gasteiger charge is -2.04. The van der Waals surface area contributed by atoms with Gasteiger partial charge in [0.2, 0.25) is 0 Å². The lowest BCUT2D eigenvalue weighted by molar-refractivity contribution is -0.159. The molecule has 0 aromatic heterocycles. The van der Waals surface area contributed by atoms with Crippen molar-refractivity contribution in [3.8, 4) is 0 Å². The molecule has 0 atom stereocenters. The smallest absolute Gasteiger partial charge is 0.313 e. The molecule has 43 heavy (non-hydrogen) atoms. The Hall–Kier alpha value is -1.64. The second kappa shape index (κ2) is 36.6. The SMILES string of the molecule is CCCCC/C=C\C/C=C\CCCCCCCC(=O)OC(=O)CCCCCCCCCCC/C=C\CCCCCCCC. The minimum atomic E-state index is -0.344. The molecular formula is C40H72O3. The van der Waals surface area contributed by atoms with Gasteiger partial charge in [-0.05, 0) is 70.6 Å². The fourth-order valence-electron chi connectivity index (χ4n) is 5.36. The van der Waals surface area contributed by atoms with Crippen molar-refractivity contribution in [1.82, 2.24) is 0 Å². The Morgan fingerprint density at radius 3 is 1.05 bits per heavy atom. The first-order valence-electron chi connectivity index (χ1n) is 18.9. The number of esters is 2. The number of carbonyl (C=O) groups is 2. The van der Waals surface area contributed by atoms with Gasteiger partial charge >= 0.3 is 11.9 Å². The molecule has 0 aliphatic carbocycles. The topological polar surface area (TPSA) is 43.4 Å². The molecule has 0 heterocycles. The molecular weight excluding hydrogens is 528 g/mol. The third kappa shape index (κ3) is 36.5. The minimum Gasteiger partial charge on any atom is -0.393 e. The first-order valence-corrected chi connectivity index (χ1v) is 18.9. The third-order valence-corrected chi connectivity index (χ3v) is 8.20. The molecule has 0 aromatic carbocycles. The molecule has 0 saturated carbocycles. The van der Waals surface area contributed by atoms with Gasteiger partial charge in [-0.15, -0.1) is 0 Å². The number of ether oxygens (including phenoxy) is 1. The Balaban J connectivity index is 3.36. The number of unbranched alkanes of at least 4 members (excludes halogenated alkanes) is 23. The monoisotopic (exact) mass is 601 g/mol. The molecule has 0 radical (unpaired) electrons. The molecule has 0 unspecified atom stereocenters. The molecule has 0 aromatic rings. The maximum atomic E-state index is 11.9. The molecule has 0 fully saturated rings. The summed E-state index contributed by atoms with van der Waals surface area (Å²) < 4.78 is 5.01. The van der Waals surface area contributed by atoms with Gasteiger partial charge in [-0.25, -0.2) is 0 Å². The molecule has 3 heteroatoms. The molecule has 0 saturated heterocycles. The second-order valence-corrected chi connectivity index (χ2v) is 12.6. The highest BCUT2D eigenvalue weighted by atomic mass is 16.6. The number of carbonyl (C=O) groups excluding carboxylic acids is 2. The molecule has 0 aliphatic heterocycles. The molecule has 250 valence electrons. The Morgan fingerprint density at radius 1 is 0.372 bits per heavy atom. The van der Waals surface area contributed by atoms with E-state index in [1.165, 1.54) is 135 Å². The normalized spacial score (nSPS) is 11.9. The van der Waals surface area contributed by atoms with Crippen LogP contribution in [0.2, 0.25) is 0 Å². The van der Waals surface area contributed by atoms with E-state index in [9.17, 15) is 9.59 Å². The summed E-state index contributed by atoms with van der Waals surface area (Å²) in [5, 5.41) is 0. The van der Waals surface area contributed by atoms with Gasteiger partial charge in [-0.1, -0.05) is 159 Å². The predicted octanol–water partition coefficient (Wildman–Crippen LogP) is 13.5. The van der Waals surface area contributed by atoms with Gasteiger partial charge < -0.3 is 4.74 Å². The number of hydrogen-bond acceptors (Lipinski definition) is 3. The van der Waals surface area contributed by atoms with Crippen LogP contribution in [0, 0.1) is 0 Å². The zero-order valence-corrected chi connectivity index (χ0v) is 28.9. The number of allylic oxidation sites excluding steroid dienone is 6. The van der Waals surface area contributed by atoms with E-state index in [1.54, 1.807) is 0 Å². The molecule has 0 bridgehead atoms. The summed E-state index contributed by atoms with van der Waals surface area (Å²) in [5.41, 5.74) is 0. The van der Waals surface area contributed by atoms with Crippen LogP contribution in [0.25, 0.3) is 0 Å². The first kappa shape index (κ1) is 41.4. The van der Waals surface area contributed by atoms with Gasteiger partial charge in [-0.3, -0.25) is 9.59 Å². The van der Waals surface area contributed by atoms with Crippen molar-refractivity contribution in [2.45, 2.75) is 206 Å². The fourth-order valence-corrected chi connectivity index (χ4v) is 5.36. The summed E-state index contributed by atoms with van der Waals surface area (Å²) >= 11 is 0. The van der Waals surface area contributed by atoms with Crippen molar-refractivity contribution < 1.29 is 14.3 Å². The van der Waals surface area contributed by atoms with E-state index in [4.69, 9.17) is 4.74 Å². The third-order valence-electron chi connectivity index (χ3n) is 8.20. The first-order chi connectivity index (χ1) is 21.2. The van der Waals surface area contributed by atoms with Crippen LogP contribution in [-0.2, 0) is 14.3 Å². The summed E-state index contributed by atoms with van der Waals surface area (Å²) in [6, 6.07) is 0. The summed E-state index contributed by atoms with van der Waals surface area (Å²) in [4.78, 5) is 23.9. The van der Waals surface area contributed by atoms with Crippen LogP contribution >= 0.6 is 0 Å². The van der Waals surface area contributed by atoms with E-state index in [0.717, 1.165) is 44.9 Å². The van der Waals surface area contributed by atoms with E-state index >= 15 is 0 Å². The zero-order chi connectivity index (χ0) is 31.3. The van der Waals surface area contributed by atoms with Crippen molar-refractivity contribution in [3.05, 3.63) is 36.5 Å². The molecule has 0 amide bonds. The Kier molecular flexibility index (Phi) is 35.2. The summed E-state index contributed by atoms with van der Waals surface area (Å²) in [5.74, 6) is -0.683. The molecule has 3 nitrogen and oxygen atoms in total. The molecule has 0 N–H and O–H groups in total. The lowest BCUT2D eigenvalue weighted by atomic mass is 10.1. The van der Waals surface area contributed by atoms with E-state index in [-0.39, 0.29) is 11.9 Å². The largest absolute Gasteiger partial charge is 0.393 e. The van der Waals surface area contributed by atoms with Crippen molar-refractivity contribution in [3.63, 3.8) is 0 Å². The lowest BCUT2D eigenvalue weighted by Crippen LogP contribution is -2.11. The molecule has 0 aliphatic rings. The minimum absolute atomic E-state index is 0.339. The Morgan fingerprint density at radius 2 is 0.651 bits per heavy atom. The van der Waals surface area contributed by atoms with Crippen LogP contribution in [0.3, 0.4) is 0 Å². The zero-order valence-electron chi connectivity index (χ0n) is 28.9. The standard InChI is InChI=1S/C40H72O3/c1-3-5-7-9-11-13-15-17-19-20-21-22-24-26-28-30-32-34-36-38-40(42)43-39(41)37-35-33-31-29-27-25-23-18-16-14-12-10-8-6-4-2/h12,14,17-19,23H,3-11,13,15-16,20-22,24-38H2,1-2H3/b14-12-,19-17-,23-18-. The van der Waals surface area contributed by atoms with E-state index < -0.39 is 0 Å². The molecule has 0 rings (SSSR count). The Bertz CT molecular complexity index is 675. The predicted molar refractivity (Wildman–Crippen MR) is 188 cm³/mol. The van der Waals surface area contributed by atoms with E-state index in [2.05, 4.69) is 50.3 Å². The Labute approximate surface area is 268 Å². The van der Waals surface area contributed by atoms with E-state index in [1.807, 2.05) is 0 Å². The second-order valence-electron chi connectivity index (χ2n) is 12.6. The average Bonchev–Trinajstić information content (AvgIpc) is 3.00. The highest BCUT2D eigenvalue weighted by Crippen LogP contribution is 2.13. The summed E-state index contributed by atoms with van der Waals surface area (Å²) in [7, 11) is 0. The number of hydrogen-bond donors (Lipinski definition) is 0. The van der Waals surface area contributed by atoms with Crippen molar-refractivity contribution in [2.24, 2.45) is 0 Å². The van der Waals surface area contributed by atoms with Gasteiger partial charge in [0.1, 0.15) is 0 Å². The number of rotatable bonds is 33. The van der Waals surface area contributed by atoms with Crippen molar-refractivity contribution >= 4 is 11.9 Å². The van der Waals surface area contributed by atoms with Gasteiger partial charge in [0.15, 0.2) is 0 Å². The van der Waals surface area contributed by atoms with Crippen LogP contribution in [0.4, 0.5) is 0 Å². The van der Waals surface area contributed by atoms with Crippen LogP contribution in [0.15, 0.2) is 36.5 Å². The average molecular weight is 601 g/mol. The summed E-state index contributed by atoms with van der Waals surface area (Å²) in [6.07, 6.45) is 49.1. The van der Waals surface area contributed by atoms with Gasteiger partial charge in [-0.2, -0.15) is 0 Å². The van der Waals surface area contributed by atoms with Crippen LogP contribution in [0.5, 0.6) is 0 Å². The van der Waals surface area contributed by atoms with E-state index in [0.29, 0.717) is 12.8 Å². The van der Waals surface area contributed by atoms with Crippen LogP contribution < -0.4 is 0 Å². The van der Waals surface area contributed by atoms with Gasteiger partial charge in [0.05, 0.1) is 0 Å². The fraction of sp³-hybridized carbons (Fsp3) is 0.800.